The number of pyridine rings is 1. The maximum absolute atomic E-state index is 12.9. The van der Waals surface area contributed by atoms with Gasteiger partial charge in [-0.05, 0) is 24.5 Å². The van der Waals surface area contributed by atoms with E-state index in [1.807, 2.05) is 18.4 Å². The minimum Gasteiger partial charge on any atom is -0.495 e. The number of hydrogen-bond acceptors (Lipinski definition) is 7. The Morgan fingerprint density at radius 2 is 2.00 bits per heavy atom. The minimum atomic E-state index is -0.299. The third kappa shape index (κ3) is 2.13. The van der Waals surface area contributed by atoms with E-state index in [0.29, 0.717) is 27.9 Å². The lowest BCUT2D eigenvalue weighted by molar-refractivity contribution is 0.412. The highest BCUT2D eigenvalue weighted by molar-refractivity contribution is 7.98. The summed E-state index contributed by atoms with van der Waals surface area (Å²) in [6, 6.07) is 9.05. The Hall–Kier alpha value is -2.94. The van der Waals surface area contributed by atoms with E-state index < -0.39 is 0 Å². The van der Waals surface area contributed by atoms with Gasteiger partial charge in [-0.2, -0.15) is 9.50 Å². The molecular formula is C15H12N6O2S. The zero-order valence-electron chi connectivity index (χ0n) is 12.9. The van der Waals surface area contributed by atoms with Crippen LogP contribution >= 0.6 is 11.8 Å². The third-order valence-electron chi connectivity index (χ3n) is 3.61. The van der Waals surface area contributed by atoms with Gasteiger partial charge < -0.3 is 4.74 Å². The van der Waals surface area contributed by atoms with Crippen molar-refractivity contribution in [1.82, 2.24) is 29.4 Å². The number of fused-ring (bicyclic) bond motifs is 3. The maximum Gasteiger partial charge on any atom is 0.285 e. The van der Waals surface area contributed by atoms with Crippen LogP contribution in [0, 0.1) is 0 Å². The summed E-state index contributed by atoms with van der Waals surface area (Å²) in [5.74, 6) is 0.958. The molecule has 0 radical (unpaired) electrons. The van der Waals surface area contributed by atoms with Gasteiger partial charge in [0.15, 0.2) is 5.52 Å². The molecule has 0 amide bonds. The quantitative estimate of drug-likeness (QED) is 0.523. The van der Waals surface area contributed by atoms with Crippen LogP contribution in [-0.2, 0) is 0 Å². The number of rotatable bonds is 3. The molecule has 8 nitrogen and oxygen atoms in total. The highest BCUT2D eigenvalue weighted by atomic mass is 32.2. The summed E-state index contributed by atoms with van der Waals surface area (Å²) < 4.78 is 8.34. The number of nitrogens with zero attached hydrogens (tertiary/aromatic N) is 6. The standard InChI is InChI=1S/C15H12N6O2S/c1-23-11-6-4-3-5-9(11)20-8-7-10-12(13(20)22)17-18-14-16-15(24-2)19-21(10)14/h3-8H,1-2H3. The summed E-state index contributed by atoms with van der Waals surface area (Å²) >= 11 is 1.40. The Bertz CT molecular complexity index is 1120. The van der Waals surface area contributed by atoms with E-state index in [2.05, 4.69) is 20.3 Å². The van der Waals surface area contributed by atoms with Gasteiger partial charge in [0, 0.05) is 6.20 Å². The first kappa shape index (κ1) is 14.6. The highest BCUT2D eigenvalue weighted by Crippen LogP contribution is 2.21. The molecule has 4 rings (SSSR count). The maximum atomic E-state index is 12.9. The lowest BCUT2D eigenvalue weighted by atomic mass is 10.2. The molecule has 4 aromatic rings. The Balaban J connectivity index is 2.02. The number of para-hydroxylation sites is 2. The third-order valence-corrected chi connectivity index (χ3v) is 4.15. The second-order valence-corrected chi connectivity index (χ2v) is 5.68. The summed E-state index contributed by atoms with van der Waals surface area (Å²) in [6.07, 6.45) is 3.54. The first-order valence-corrected chi connectivity index (χ1v) is 8.27. The normalized spacial score (nSPS) is 11.2. The van der Waals surface area contributed by atoms with Crippen molar-refractivity contribution in [3.63, 3.8) is 0 Å². The fourth-order valence-electron chi connectivity index (χ4n) is 2.49. The average molecular weight is 340 g/mol. The molecule has 0 aliphatic rings. The van der Waals surface area contributed by atoms with E-state index in [1.165, 1.54) is 20.8 Å². The van der Waals surface area contributed by atoms with Crippen molar-refractivity contribution < 1.29 is 4.74 Å². The van der Waals surface area contributed by atoms with Gasteiger partial charge in [-0.25, -0.2) is 0 Å². The fraction of sp³-hybridized carbons (Fsp3) is 0.133. The number of methoxy groups -OCH3 is 1. The van der Waals surface area contributed by atoms with Crippen LogP contribution in [0.25, 0.3) is 22.5 Å². The molecule has 9 heteroatoms. The zero-order valence-corrected chi connectivity index (χ0v) is 13.7. The lowest BCUT2D eigenvalue weighted by Gasteiger charge is -2.11. The molecule has 3 heterocycles. The number of benzene rings is 1. The summed E-state index contributed by atoms with van der Waals surface area (Å²) in [4.78, 5) is 17.1. The van der Waals surface area contributed by atoms with Gasteiger partial charge in [-0.3, -0.25) is 9.36 Å². The van der Waals surface area contributed by atoms with Crippen LogP contribution in [0.2, 0.25) is 0 Å². The van der Waals surface area contributed by atoms with Crippen molar-refractivity contribution >= 4 is 28.6 Å². The summed E-state index contributed by atoms with van der Waals surface area (Å²) in [5, 5.41) is 12.9. The predicted octanol–water partition coefficient (Wildman–Crippen LogP) is 1.55. The van der Waals surface area contributed by atoms with Crippen LogP contribution in [0.15, 0.2) is 46.5 Å². The monoisotopic (exact) mass is 340 g/mol. The fourth-order valence-corrected chi connectivity index (χ4v) is 2.83. The minimum absolute atomic E-state index is 0.216. The number of ether oxygens (including phenoxy) is 1. The molecule has 0 N–H and O–H groups in total. The van der Waals surface area contributed by atoms with E-state index in [0.717, 1.165) is 0 Å². The van der Waals surface area contributed by atoms with Crippen molar-refractivity contribution in [1.29, 1.82) is 0 Å². The van der Waals surface area contributed by atoms with Crippen molar-refractivity contribution in [3.8, 4) is 11.4 Å². The van der Waals surface area contributed by atoms with Crippen molar-refractivity contribution in [2.24, 2.45) is 0 Å². The Kier molecular flexibility index (Phi) is 3.42. The molecule has 0 spiro atoms. The van der Waals surface area contributed by atoms with Gasteiger partial charge >= 0.3 is 0 Å². The van der Waals surface area contributed by atoms with Crippen LogP contribution in [0.1, 0.15) is 0 Å². The van der Waals surface area contributed by atoms with Gasteiger partial charge in [0.05, 0.1) is 12.8 Å². The van der Waals surface area contributed by atoms with E-state index in [-0.39, 0.29) is 11.1 Å². The van der Waals surface area contributed by atoms with Gasteiger partial charge in [-0.1, -0.05) is 23.9 Å². The molecule has 3 aromatic heterocycles. The molecule has 120 valence electrons. The Morgan fingerprint density at radius 1 is 1.17 bits per heavy atom. The van der Waals surface area contributed by atoms with Crippen molar-refractivity contribution in [2.45, 2.75) is 5.16 Å². The highest BCUT2D eigenvalue weighted by Gasteiger charge is 2.14. The SMILES string of the molecule is COc1ccccc1-n1ccc2c(nnc3nc(SC)nn32)c1=O. The largest absolute Gasteiger partial charge is 0.495 e. The second kappa shape index (κ2) is 5.60. The van der Waals surface area contributed by atoms with E-state index >= 15 is 0 Å². The van der Waals surface area contributed by atoms with Crippen molar-refractivity contribution in [2.75, 3.05) is 13.4 Å². The zero-order chi connectivity index (χ0) is 16.7. The molecule has 0 unspecified atom stereocenters. The smallest absolute Gasteiger partial charge is 0.285 e. The summed E-state index contributed by atoms with van der Waals surface area (Å²) in [7, 11) is 1.56. The Labute approximate surface area is 140 Å². The number of aromatic nitrogens is 6. The molecule has 1 aromatic carbocycles. The lowest BCUT2D eigenvalue weighted by Crippen LogP contribution is -2.20. The van der Waals surface area contributed by atoms with Gasteiger partial charge in [0.2, 0.25) is 5.16 Å². The number of thioether (sulfide) groups is 1. The average Bonchev–Trinajstić information content (AvgIpc) is 3.06. The molecule has 0 saturated heterocycles. The van der Waals surface area contributed by atoms with Crippen molar-refractivity contribution in [3.05, 3.63) is 46.9 Å². The molecular weight excluding hydrogens is 328 g/mol. The first-order chi connectivity index (χ1) is 11.7. The van der Waals surface area contributed by atoms with E-state index in [4.69, 9.17) is 4.74 Å². The van der Waals surface area contributed by atoms with Crippen LogP contribution in [0.5, 0.6) is 5.75 Å². The summed E-state index contributed by atoms with van der Waals surface area (Å²) in [5.41, 5.74) is 1.11. The van der Waals surface area contributed by atoms with E-state index in [9.17, 15) is 4.79 Å². The molecule has 24 heavy (non-hydrogen) atoms. The summed E-state index contributed by atoms with van der Waals surface area (Å²) in [6.45, 7) is 0. The molecule has 0 fully saturated rings. The van der Waals surface area contributed by atoms with Crippen LogP contribution in [0.4, 0.5) is 0 Å². The van der Waals surface area contributed by atoms with Crippen LogP contribution < -0.4 is 10.3 Å². The Morgan fingerprint density at radius 3 is 2.79 bits per heavy atom. The van der Waals surface area contributed by atoms with Gasteiger partial charge in [0.25, 0.3) is 11.3 Å². The van der Waals surface area contributed by atoms with E-state index in [1.54, 1.807) is 31.5 Å². The molecule has 0 aliphatic carbocycles. The first-order valence-electron chi connectivity index (χ1n) is 7.05. The molecule has 0 atom stereocenters. The number of hydrogen-bond donors (Lipinski definition) is 0. The van der Waals surface area contributed by atoms with Crippen LogP contribution in [-0.4, -0.2) is 42.7 Å². The molecule has 0 saturated carbocycles. The molecule has 0 bridgehead atoms. The topological polar surface area (TPSA) is 87.2 Å². The van der Waals surface area contributed by atoms with Gasteiger partial charge in [-0.15, -0.1) is 15.3 Å². The molecule has 0 aliphatic heterocycles. The van der Waals surface area contributed by atoms with Crippen LogP contribution in [0.3, 0.4) is 0 Å². The predicted molar refractivity (Wildman–Crippen MR) is 90.0 cm³/mol. The second-order valence-electron chi connectivity index (χ2n) is 4.91. The van der Waals surface area contributed by atoms with Gasteiger partial charge in [0.1, 0.15) is 11.3 Å².